The minimum Gasteiger partial charge on any atom is -0.484 e. The molecular formula is C23H25Cl2N3O4. The number of aliphatic hydroxyl groups excluding tert-OH is 1. The fourth-order valence-electron chi connectivity index (χ4n) is 4.61. The predicted octanol–water partition coefficient (Wildman–Crippen LogP) is 3.65. The lowest BCUT2D eigenvalue weighted by Gasteiger charge is -2.53. The van der Waals surface area contributed by atoms with Crippen molar-refractivity contribution >= 4 is 35.0 Å². The monoisotopic (exact) mass is 477 g/mol. The largest absolute Gasteiger partial charge is 0.484 e. The summed E-state index contributed by atoms with van der Waals surface area (Å²) in [7, 11) is 0. The van der Waals surface area contributed by atoms with Crippen molar-refractivity contribution in [1.29, 1.82) is 0 Å². The molecule has 2 aromatic rings. The second-order valence-corrected chi connectivity index (χ2v) is 9.45. The summed E-state index contributed by atoms with van der Waals surface area (Å²) in [5.41, 5.74) is 0.414. The molecule has 9 heteroatoms. The van der Waals surface area contributed by atoms with Crippen molar-refractivity contribution in [2.45, 2.75) is 56.2 Å². The Labute approximate surface area is 196 Å². The number of nitrogens with one attached hydrogen (secondary N) is 2. The minimum absolute atomic E-state index is 0.103. The number of pyridine rings is 1. The molecule has 0 unspecified atom stereocenters. The zero-order chi connectivity index (χ0) is 22.8. The summed E-state index contributed by atoms with van der Waals surface area (Å²) >= 11 is 11.9. The van der Waals surface area contributed by atoms with Gasteiger partial charge in [0, 0.05) is 23.3 Å². The van der Waals surface area contributed by atoms with E-state index < -0.39 is 0 Å². The summed E-state index contributed by atoms with van der Waals surface area (Å²) < 4.78 is 5.55. The summed E-state index contributed by atoms with van der Waals surface area (Å²) in [6.45, 7) is -0.237. The maximum atomic E-state index is 12.7. The number of hydrogen-bond acceptors (Lipinski definition) is 5. The van der Waals surface area contributed by atoms with E-state index >= 15 is 0 Å². The summed E-state index contributed by atoms with van der Waals surface area (Å²) in [5, 5.41) is 16.4. The van der Waals surface area contributed by atoms with Crippen LogP contribution in [-0.4, -0.2) is 39.6 Å². The van der Waals surface area contributed by atoms with E-state index in [4.69, 9.17) is 27.9 Å². The van der Waals surface area contributed by atoms with Crippen LogP contribution in [0.4, 0.5) is 0 Å². The molecule has 0 spiro atoms. The normalized spacial score (nSPS) is 24.1. The van der Waals surface area contributed by atoms with Gasteiger partial charge in [0.1, 0.15) is 11.4 Å². The van der Waals surface area contributed by atoms with Crippen LogP contribution in [0.1, 0.15) is 54.6 Å². The average molecular weight is 478 g/mol. The zero-order valence-corrected chi connectivity index (χ0v) is 19.0. The Bertz CT molecular complexity index is 1010. The summed E-state index contributed by atoms with van der Waals surface area (Å²) in [4.78, 5) is 29.4. The first-order chi connectivity index (χ1) is 15.3. The summed E-state index contributed by atoms with van der Waals surface area (Å²) in [6, 6.07) is 8.16. The number of hydrogen-bond donors (Lipinski definition) is 3. The molecular weight excluding hydrogens is 453 g/mol. The molecule has 1 aromatic carbocycles. The molecule has 3 aliphatic rings. The van der Waals surface area contributed by atoms with Crippen LogP contribution in [0.15, 0.2) is 36.5 Å². The molecule has 2 bridgehead atoms. The fraction of sp³-hybridized carbons (Fsp3) is 0.435. The fourth-order valence-corrected chi connectivity index (χ4v) is 4.90. The van der Waals surface area contributed by atoms with Gasteiger partial charge in [0.2, 0.25) is 0 Å². The SMILES string of the molecule is O=C(COc1ccc(Cl)c(Cl)c1)NC12CCC(NC(=O)c3cc(CO)ccn3)(CC1)CC2. The Morgan fingerprint density at radius 2 is 1.62 bits per heavy atom. The standard InChI is InChI=1S/C23H25Cl2N3O4/c24-17-2-1-16(12-18(17)25)32-14-20(30)27-22-4-7-23(8-5-22,9-6-22)28-21(31)19-11-15(13-29)3-10-26-19/h1-3,10-12,29H,4-9,13-14H2,(H,27,30)(H,28,31). The third-order valence-electron chi connectivity index (χ3n) is 6.53. The van der Waals surface area contributed by atoms with E-state index in [0.29, 0.717) is 27.1 Å². The molecule has 1 heterocycles. The van der Waals surface area contributed by atoms with Gasteiger partial charge in [-0.1, -0.05) is 23.2 Å². The molecule has 3 aliphatic carbocycles. The number of rotatable bonds is 7. The van der Waals surface area contributed by atoms with E-state index in [9.17, 15) is 14.7 Å². The van der Waals surface area contributed by atoms with Gasteiger partial charge in [-0.3, -0.25) is 14.6 Å². The highest BCUT2D eigenvalue weighted by Crippen LogP contribution is 2.47. The summed E-state index contributed by atoms with van der Waals surface area (Å²) in [5.74, 6) is 0.0771. The van der Waals surface area contributed by atoms with Crippen molar-refractivity contribution in [3.63, 3.8) is 0 Å². The van der Waals surface area contributed by atoms with Crippen LogP contribution in [0, 0.1) is 0 Å². The van der Waals surface area contributed by atoms with Crippen LogP contribution in [0.2, 0.25) is 10.0 Å². The molecule has 7 nitrogen and oxygen atoms in total. The second-order valence-electron chi connectivity index (χ2n) is 8.63. The van der Waals surface area contributed by atoms with Crippen LogP contribution in [-0.2, 0) is 11.4 Å². The van der Waals surface area contributed by atoms with E-state index in [0.717, 1.165) is 38.5 Å². The van der Waals surface area contributed by atoms with Crippen LogP contribution in [0.3, 0.4) is 0 Å². The lowest BCUT2D eigenvalue weighted by Crippen LogP contribution is -2.64. The number of carbonyl (C=O) groups is 2. The molecule has 3 saturated carbocycles. The molecule has 2 amide bonds. The van der Waals surface area contributed by atoms with Gasteiger partial charge < -0.3 is 20.5 Å². The molecule has 3 fully saturated rings. The summed E-state index contributed by atoms with van der Waals surface area (Å²) in [6.07, 6.45) is 6.24. The number of aliphatic hydroxyl groups is 1. The second kappa shape index (κ2) is 9.25. The van der Waals surface area contributed by atoms with E-state index in [2.05, 4.69) is 15.6 Å². The van der Waals surface area contributed by atoms with E-state index in [1.165, 1.54) is 6.20 Å². The van der Waals surface area contributed by atoms with Gasteiger partial charge in [-0.15, -0.1) is 0 Å². The molecule has 0 atom stereocenters. The first kappa shape index (κ1) is 22.8. The van der Waals surface area contributed by atoms with Crippen molar-refractivity contribution in [2.75, 3.05) is 6.61 Å². The third kappa shape index (κ3) is 5.00. The van der Waals surface area contributed by atoms with Crippen LogP contribution >= 0.6 is 23.2 Å². The molecule has 5 rings (SSSR count). The quantitative estimate of drug-likeness (QED) is 0.564. The van der Waals surface area contributed by atoms with Crippen molar-refractivity contribution in [3.8, 4) is 5.75 Å². The van der Waals surface area contributed by atoms with Crippen molar-refractivity contribution in [3.05, 3.63) is 57.8 Å². The van der Waals surface area contributed by atoms with Gasteiger partial charge >= 0.3 is 0 Å². The van der Waals surface area contributed by atoms with E-state index in [-0.39, 0.29) is 36.1 Å². The maximum absolute atomic E-state index is 12.7. The molecule has 0 saturated heterocycles. The Kier molecular flexibility index (Phi) is 6.60. The molecule has 3 N–H and O–H groups in total. The van der Waals surface area contributed by atoms with Crippen molar-refractivity contribution in [2.24, 2.45) is 0 Å². The Morgan fingerprint density at radius 3 is 2.25 bits per heavy atom. The number of aromatic nitrogens is 1. The number of benzene rings is 1. The first-order valence-corrected chi connectivity index (χ1v) is 11.3. The average Bonchev–Trinajstić information content (AvgIpc) is 2.81. The topological polar surface area (TPSA) is 101 Å². The Hall–Kier alpha value is -2.35. The van der Waals surface area contributed by atoms with Gasteiger partial charge in [-0.05, 0) is 68.4 Å². The highest BCUT2D eigenvalue weighted by atomic mass is 35.5. The van der Waals surface area contributed by atoms with Gasteiger partial charge in [-0.25, -0.2) is 0 Å². The lowest BCUT2D eigenvalue weighted by molar-refractivity contribution is -0.126. The van der Waals surface area contributed by atoms with E-state index in [1.54, 1.807) is 30.3 Å². The van der Waals surface area contributed by atoms with Crippen LogP contribution in [0.25, 0.3) is 0 Å². The van der Waals surface area contributed by atoms with Crippen molar-refractivity contribution < 1.29 is 19.4 Å². The Morgan fingerprint density at radius 1 is 0.969 bits per heavy atom. The van der Waals surface area contributed by atoms with E-state index in [1.807, 2.05) is 0 Å². The zero-order valence-electron chi connectivity index (χ0n) is 17.5. The number of carbonyl (C=O) groups excluding carboxylic acids is 2. The predicted molar refractivity (Wildman–Crippen MR) is 121 cm³/mol. The van der Waals surface area contributed by atoms with Gasteiger partial charge in [-0.2, -0.15) is 0 Å². The maximum Gasteiger partial charge on any atom is 0.270 e. The van der Waals surface area contributed by atoms with Gasteiger partial charge in [0.15, 0.2) is 6.61 Å². The molecule has 0 radical (unpaired) electrons. The Balaban J connectivity index is 1.30. The number of ether oxygens (including phenoxy) is 1. The highest BCUT2D eigenvalue weighted by molar-refractivity contribution is 6.42. The number of nitrogens with zero attached hydrogens (tertiary/aromatic N) is 1. The van der Waals surface area contributed by atoms with Gasteiger partial charge in [0.25, 0.3) is 11.8 Å². The van der Waals surface area contributed by atoms with Crippen molar-refractivity contribution in [1.82, 2.24) is 15.6 Å². The molecule has 1 aromatic heterocycles. The lowest BCUT2D eigenvalue weighted by atomic mass is 9.61. The first-order valence-electron chi connectivity index (χ1n) is 10.6. The minimum atomic E-state index is -0.281. The van der Waals surface area contributed by atoms with Crippen LogP contribution in [0.5, 0.6) is 5.75 Å². The highest BCUT2D eigenvalue weighted by Gasteiger charge is 2.50. The van der Waals surface area contributed by atoms with Gasteiger partial charge in [0.05, 0.1) is 16.7 Å². The van der Waals surface area contributed by atoms with Crippen LogP contribution < -0.4 is 15.4 Å². The molecule has 0 aliphatic heterocycles. The smallest absolute Gasteiger partial charge is 0.270 e. The molecule has 170 valence electrons. The molecule has 32 heavy (non-hydrogen) atoms. The third-order valence-corrected chi connectivity index (χ3v) is 7.27. The number of amides is 2. The number of fused-ring (bicyclic) bond motifs is 3. The number of halogens is 2.